The molecule has 21 heavy (non-hydrogen) atoms. The summed E-state index contributed by atoms with van der Waals surface area (Å²) in [4.78, 5) is 10.1. The first-order valence-corrected chi connectivity index (χ1v) is 8.45. The van der Waals surface area contributed by atoms with Crippen LogP contribution in [0.5, 0.6) is 0 Å². The van der Waals surface area contributed by atoms with Crippen LogP contribution in [0.4, 0.5) is 0 Å². The predicted molar refractivity (Wildman–Crippen MR) is 89.3 cm³/mol. The Bertz CT molecular complexity index is 568. The number of rotatable bonds is 8. The molecule has 0 saturated carbocycles. The lowest BCUT2D eigenvalue weighted by Gasteiger charge is -2.06. The van der Waals surface area contributed by atoms with Gasteiger partial charge in [0.2, 0.25) is 0 Å². The van der Waals surface area contributed by atoms with E-state index in [0.29, 0.717) is 6.61 Å². The molecule has 0 saturated heterocycles. The minimum absolute atomic E-state index is 0.704. The number of nitrogens with one attached hydrogen (secondary N) is 1. The minimum Gasteiger partial charge on any atom is -0.383 e. The molecule has 2 rings (SSSR count). The first-order chi connectivity index (χ1) is 10.3. The number of methoxy groups -OCH3 is 1. The van der Waals surface area contributed by atoms with Crippen LogP contribution in [0, 0.1) is 0 Å². The summed E-state index contributed by atoms with van der Waals surface area (Å²) >= 11 is 5.28. The smallest absolute Gasteiger partial charge is 0.138 e. The van der Waals surface area contributed by atoms with Gasteiger partial charge in [0.1, 0.15) is 5.82 Å². The van der Waals surface area contributed by atoms with Crippen molar-refractivity contribution in [3.05, 3.63) is 52.5 Å². The molecule has 0 aliphatic carbocycles. The van der Waals surface area contributed by atoms with Crippen molar-refractivity contribution < 1.29 is 4.74 Å². The summed E-state index contributed by atoms with van der Waals surface area (Å²) in [5.74, 6) is 1.61. The zero-order valence-electron chi connectivity index (χ0n) is 11.9. The number of hydrogen-bond donors (Lipinski definition) is 1. The number of halogens is 1. The number of hydrogen-bond acceptors (Lipinski definition) is 5. The van der Waals surface area contributed by atoms with Gasteiger partial charge in [0.05, 0.1) is 18.1 Å². The average molecular weight is 368 g/mol. The fourth-order valence-corrected chi connectivity index (χ4v) is 3.14. The Morgan fingerprint density at radius 1 is 1.29 bits per heavy atom. The van der Waals surface area contributed by atoms with Crippen molar-refractivity contribution in [1.29, 1.82) is 0 Å². The maximum Gasteiger partial charge on any atom is 0.138 e. The highest BCUT2D eigenvalue weighted by atomic mass is 79.9. The van der Waals surface area contributed by atoms with Crippen molar-refractivity contribution in [3.8, 4) is 0 Å². The van der Waals surface area contributed by atoms with E-state index in [4.69, 9.17) is 4.74 Å². The quantitative estimate of drug-likeness (QED) is 0.573. The molecule has 0 fully saturated rings. The topological polar surface area (TPSA) is 47.0 Å². The van der Waals surface area contributed by atoms with Gasteiger partial charge in [0.15, 0.2) is 0 Å². The van der Waals surface area contributed by atoms with Gasteiger partial charge in [-0.3, -0.25) is 0 Å². The van der Waals surface area contributed by atoms with Crippen LogP contribution in [-0.2, 0) is 17.0 Å². The minimum atomic E-state index is 0.704. The number of nitrogens with zero attached hydrogens (tertiary/aromatic N) is 2. The molecule has 112 valence electrons. The molecule has 0 aliphatic heterocycles. The van der Waals surface area contributed by atoms with Crippen molar-refractivity contribution in [1.82, 2.24) is 15.3 Å². The molecule has 2 aromatic rings. The van der Waals surface area contributed by atoms with Crippen LogP contribution >= 0.6 is 27.7 Å². The van der Waals surface area contributed by atoms with Crippen molar-refractivity contribution >= 4 is 27.7 Å². The Labute approximate surface area is 137 Å². The monoisotopic (exact) mass is 367 g/mol. The largest absolute Gasteiger partial charge is 0.383 e. The molecule has 4 nitrogen and oxygen atoms in total. The van der Waals surface area contributed by atoms with Gasteiger partial charge in [0.25, 0.3) is 0 Å². The Kier molecular flexibility index (Phi) is 7.15. The predicted octanol–water partition coefficient (Wildman–Crippen LogP) is 3.27. The van der Waals surface area contributed by atoms with Gasteiger partial charge in [-0.1, -0.05) is 12.1 Å². The van der Waals surface area contributed by atoms with Gasteiger partial charge < -0.3 is 10.1 Å². The SMILES string of the molecule is COCCNCc1ccnc(CSc2ccccc2Br)n1. The van der Waals surface area contributed by atoms with E-state index in [0.717, 1.165) is 34.8 Å². The van der Waals surface area contributed by atoms with Crippen LogP contribution in [0.3, 0.4) is 0 Å². The number of benzene rings is 1. The molecule has 0 atom stereocenters. The standard InChI is InChI=1S/C15H18BrN3OS/c1-20-9-8-17-10-12-6-7-18-15(19-12)11-21-14-5-3-2-4-13(14)16/h2-7,17H,8-11H2,1H3. The number of thioether (sulfide) groups is 1. The molecule has 6 heteroatoms. The normalized spacial score (nSPS) is 10.8. The van der Waals surface area contributed by atoms with Gasteiger partial charge in [-0.05, 0) is 34.1 Å². The molecule has 0 aliphatic rings. The van der Waals surface area contributed by atoms with Crippen LogP contribution in [0.15, 0.2) is 45.9 Å². The average Bonchev–Trinajstić information content (AvgIpc) is 2.51. The maximum absolute atomic E-state index is 5.00. The third kappa shape index (κ3) is 5.74. The highest BCUT2D eigenvalue weighted by Crippen LogP contribution is 2.28. The Balaban J connectivity index is 1.87. The molecule has 1 N–H and O–H groups in total. The number of ether oxygens (including phenoxy) is 1. The first kappa shape index (κ1) is 16.4. The summed E-state index contributed by atoms with van der Waals surface area (Å²) < 4.78 is 6.10. The zero-order valence-corrected chi connectivity index (χ0v) is 14.3. The summed E-state index contributed by atoms with van der Waals surface area (Å²) in [7, 11) is 1.70. The molecular formula is C15H18BrN3OS. The molecule has 0 bridgehead atoms. The molecule has 1 aromatic carbocycles. The van der Waals surface area contributed by atoms with E-state index in [9.17, 15) is 0 Å². The lowest BCUT2D eigenvalue weighted by molar-refractivity contribution is 0.199. The third-order valence-electron chi connectivity index (χ3n) is 2.75. The summed E-state index contributed by atoms with van der Waals surface area (Å²) in [6, 6.07) is 10.1. The van der Waals surface area contributed by atoms with Crippen molar-refractivity contribution in [2.24, 2.45) is 0 Å². The van der Waals surface area contributed by atoms with E-state index in [1.165, 1.54) is 4.90 Å². The molecular weight excluding hydrogens is 350 g/mol. The molecule has 1 heterocycles. The second kappa shape index (κ2) is 9.15. The fourth-order valence-electron chi connectivity index (χ4n) is 1.70. The summed E-state index contributed by atoms with van der Waals surface area (Å²) in [6.45, 7) is 2.26. The summed E-state index contributed by atoms with van der Waals surface area (Å²) in [5, 5.41) is 3.28. The van der Waals surface area contributed by atoms with Crippen LogP contribution in [0.2, 0.25) is 0 Å². The molecule has 0 amide bonds. The van der Waals surface area contributed by atoms with E-state index in [2.05, 4.69) is 37.3 Å². The van der Waals surface area contributed by atoms with Gasteiger partial charge >= 0.3 is 0 Å². The molecule has 0 spiro atoms. The van der Waals surface area contributed by atoms with E-state index in [1.54, 1.807) is 18.9 Å². The zero-order chi connectivity index (χ0) is 14.9. The molecule has 1 aromatic heterocycles. The maximum atomic E-state index is 5.00. The van der Waals surface area contributed by atoms with E-state index in [-0.39, 0.29) is 0 Å². The third-order valence-corrected chi connectivity index (χ3v) is 4.77. The van der Waals surface area contributed by atoms with Crippen molar-refractivity contribution in [2.45, 2.75) is 17.2 Å². The molecule has 0 radical (unpaired) electrons. The van der Waals surface area contributed by atoms with E-state index < -0.39 is 0 Å². The van der Waals surface area contributed by atoms with Crippen LogP contribution < -0.4 is 5.32 Å². The molecule has 0 unspecified atom stereocenters. The van der Waals surface area contributed by atoms with Crippen molar-refractivity contribution in [3.63, 3.8) is 0 Å². The Hall–Kier alpha value is -0.950. The second-order valence-electron chi connectivity index (χ2n) is 4.35. The van der Waals surface area contributed by atoms with Crippen LogP contribution in [0.25, 0.3) is 0 Å². The highest BCUT2D eigenvalue weighted by molar-refractivity contribution is 9.10. The van der Waals surface area contributed by atoms with Crippen molar-refractivity contribution in [2.75, 3.05) is 20.3 Å². The second-order valence-corrected chi connectivity index (χ2v) is 6.22. The van der Waals surface area contributed by atoms with E-state index >= 15 is 0 Å². The van der Waals surface area contributed by atoms with Crippen LogP contribution in [0.1, 0.15) is 11.5 Å². The van der Waals surface area contributed by atoms with Crippen LogP contribution in [-0.4, -0.2) is 30.2 Å². The van der Waals surface area contributed by atoms with Gasteiger partial charge in [-0.2, -0.15) is 0 Å². The summed E-state index contributed by atoms with van der Waals surface area (Å²) in [6.07, 6.45) is 1.82. The van der Waals surface area contributed by atoms with E-state index in [1.807, 2.05) is 30.5 Å². The number of aromatic nitrogens is 2. The van der Waals surface area contributed by atoms with Gasteiger partial charge in [-0.25, -0.2) is 9.97 Å². The fraction of sp³-hybridized carbons (Fsp3) is 0.333. The van der Waals surface area contributed by atoms with Gasteiger partial charge in [-0.15, -0.1) is 11.8 Å². The van der Waals surface area contributed by atoms with Gasteiger partial charge in [0, 0.05) is 35.8 Å². The highest BCUT2D eigenvalue weighted by Gasteiger charge is 2.03. The Morgan fingerprint density at radius 3 is 2.95 bits per heavy atom. The Morgan fingerprint density at radius 2 is 2.14 bits per heavy atom. The lowest BCUT2D eigenvalue weighted by Crippen LogP contribution is -2.19. The lowest BCUT2D eigenvalue weighted by atomic mass is 10.4. The summed E-state index contributed by atoms with van der Waals surface area (Å²) in [5.41, 5.74) is 1.00. The first-order valence-electron chi connectivity index (χ1n) is 6.67.